The lowest BCUT2D eigenvalue weighted by molar-refractivity contribution is 0.453. The quantitative estimate of drug-likeness (QED) is 0.636. The smallest absolute Gasteiger partial charge is 0.408 e. The van der Waals surface area contributed by atoms with Crippen molar-refractivity contribution >= 4 is 26.9 Å². The van der Waals surface area contributed by atoms with Crippen LogP contribution in [0, 0.1) is 11.8 Å². The highest BCUT2D eigenvalue weighted by Gasteiger charge is 2.44. The first kappa shape index (κ1) is 17.4. The lowest BCUT2D eigenvalue weighted by Gasteiger charge is -2.22. The van der Waals surface area contributed by atoms with E-state index in [1.807, 2.05) is 0 Å². The molecular formula is C18H19N5O4S. The van der Waals surface area contributed by atoms with E-state index in [0.717, 1.165) is 18.9 Å². The number of nitrogens with zero attached hydrogens (tertiary/aromatic N) is 5. The standard InChI is InChI=1S/C18H19N5O4S/c1-21-15-6-14(2-3-16(15)27-18(21)24)28(25,26)23-10-12-8-22(9-13(12)11-23)17-7-19-4-5-20-17/h2-7,12-13H,8-11H2,1H3. The minimum atomic E-state index is -3.63. The molecule has 0 amide bonds. The SMILES string of the molecule is Cn1c(=O)oc2ccc(S(=O)(=O)N3CC4CN(c5cnccn5)CC4C3)cc21. The van der Waals surface area contributed by atoms with E-state index in [0.29, 0.717) is 24.2 Å². The minimum Gasteiger partial charge on any atom is -0.408 e. The molecule has 3 aromatic rings. The predicted octanol–water partition coefficient (Wildman–Crippen LogP) is 0.678. The Balaban J connectivity index is 1.38. The molecule has 2 unspecified atom stereocenters. The lowest BCUT2D eigenvalue weighted by Crippen LogP contribution is -2.33. The molecule has 0 bridgehead atoms. The number of benzene rings is 1. The first-order valence-electron chi connectivity index (χ1n) is 9.04. The number of aromatic nitrogens is 3. The van der Waals surface area contributed by atoms with Crippen LogP contribution in [0.25, 0.3) is 11.1 Å². The summed E-state index contributed by atoms with van der Waals surface area (Å²) >= 11 is 0. The molecule has 0 radical (unpaired) electrons. The van der Waals surface area contributed by atoms with Crippen molar-refractivity contribution in [3.05, 3.63) is 47.3 Å². The van der Waals surface area contributed by atoms with Crippen molar-refractivity contribution in [3.63, 3.8) is 0 Å². The van der Waals surface area contributed by atoms with Crippen LogP contribution < -0.4 is 10.7 Å². The average Bonchev–Trinajstić information content (AvgIpc) is 3.35. The summed E-state index contributed by atoms with van der Waals surface area (Å²) in [4.78, 5) is 22.5. The highest BCUT2D eigenvalue weighted by molar-refractivity contribution is 7.89. The molecule has 2 atom stereocenters. The number of hydrogen-bond donors (Lipinski definition) is 0. The van der Waals surface area contributed by atoms with E-state index in [-0.39, 0.29) is 16.7 Å². The number of rotatable bonds is 3. The van der Waals surface area contributed by atoms with Crippen molar-refractivity contribution < 1.29 is 12.8 Å². The molecule has 0 spiro atoms. The molecule has 28 heavy (non-hydrogen) atoms. The van der Waals surface area contributed by atoms with E-state index < -0.39 is 15.8 Å². The Kier molecular flexibility index (Phi) is 3.81. The third-order valence-electron chi connectivity index (χ3n) is 5.73. The van der Waals surface area contributed by atoms with E-state index >= 15 is 0 Å². The van der Waals surface area contributed by atoms with Gasteiger partial charge < -0.3 is 9.32 Å². The van der Waals surface area contributed by atoms with E-state index in [1.165, 1.54) is 22.8 Å². The van der Waals surface area contributed by atoms with Crippen LogP contribution in [0.2, 0.25) is 0 Å². The largest absolute Gasteiger partial charge is 0.419 e. The zero-order chi connectivity index (χ0) is 19.5. The maximum absolute atomic E-state index is 13.2. The van der Waals surface area contributed by atoms with Crippen molar-refractivity contribution in [3.8, 4) is 0 Å². The summed E-state index contributed by atoms with van der Waals surface area (Å²) in [5.74, 6) is 0.847. The zero-order valence-corrected chi connectivity index (χ0v) is 16.0. The topological polar surface area (TPSA) is 102 Å². The van der Waals surface area contributed by atoms with Gasteiger partial charge in [0.1, 0.15) is 5.82 Å². The minimum absolute atomic E-state index is 0.183. The van der Waals surface area contributed by atoms with Gasteiger partial charge in [-0.3, -0.25) is 9.55 Å². The first-order chi connectivity index (χ1) is 13.4. The van der Waals surface area contributed by atoms with Gasteiger partial charge in [-0.15, -0.1) is 0 Å². The second-order valence-corrected chi connectivity index (χ2v) is 9.31. The number of hydrogen-bond acceptors (Lipinski definition) is 7. The van der Waals surface area contributed by atoms with Crippen LogP contribution in [0.4, 0.5) is 5.82 Å². The van der Waals surface area contributed by atoms with Gasteiger partial charge in [-0.05, 0) is 30.0 Å². The Labute approximate surface area is 161 Å². The van der Waals surface area contributed by atoms with Crippen LogP contribution in [0.5, 0.6) is 0 Å². The van der Waals surface area contributed by atoms with Crippen molar-refractivity contribution in [2.24, 2.45) is 18.9 Å². The van der Waals surface area contributed by atoms with Crippen molar-refractivity contribution in [2.75, 3.05) is 31.1 Å². The van der Waals surface area contributed by atoms with Gasteiger partial charge in [0.2, 0.25) is 10.0 Å². The van der Waals surface area contributed by atoms with Gasteiger partial charge in [0.25, 0.3) is 0 Å². The molecule has 2 aliphatic heterocycles. The Morgan fingerprint density at radius 1 is 1.11 bits per heavy atom. The Hall–Kier alpha value is -2.72. The van der Waals surface area contributed by atoms with Gasteiger partial charge in [0, 0.05) is 45.6 Å². The second kappa shape index (κ2) is 6.14. The number of aryl methyl sites for hydroxylation is 1. The summed E-state index contributed by atoms with van der Waals surface area (Å²) in [6.07, 6.45) is 5.04. The number of sulfonamides is 1. The van der Waals surface area contributed by atoms with Crippen LogP contribution in [-0.4, -0.2) is 53.4 Å². The number of oxazole rings is 1. The van der Waals surface area contributed by atoms with E-state index in [9.17, 15) is 13.2 Å². The maximum atomic E-state index is 13.2. The second-order valence-electron chi connectivity index (χ2n) is 7.37. The Bertz CT molecular complexity index is 1190. The van der Waals surface area contributed by atoms with Gasteiger partial charge in [-0.2, -0.15) is 4.31 Å². The molecule has 4 heterocycles. The van der Waals surface area contributed by atoms with Crippen LogP contribution in [0.15, 0.2) is 50.9 Å². The fourth-order valence-electron chi connectivity index (χ4n) is 4.20. The van der Waals surface area contributed by atoms with Crippen LogP contribution >= 0.6 is 0 Å². The lowest BCUT2D eigenvalue weighted by atomic mass is 10.0. The summed E-state index contributed by atoms with van der Waals surface area (Å²) in [5.41, 5.74) is 0.851. The molecule has 2 aromatic heterocycles. The van der Waals surface area contributed by atoms with Crippen LogP contribution in [0.3, 0.4) is 0 Å². The molecule has 0 aliphatic carbocycles. The molecule has 146 valence electrons. The van der Waals surface area contributed by atoms with Crippen LogP contribution in [-0.2, 0) is 17.1 Å². The Morgan fingerprint density at radius 3 is 2.54 bits per heavy atom. The summed E-state index contributed by atoms with van der Waals surface area (Å²) in [6.45, 7) is 2.49. The van der Waals surface area contributed by atoms with E-state index in [1.54, 1.807) is 29.9 Å². The van der Waals surface area contributed by atoms with Gasteiger partial charge in [-0.1, -0.05) is 0 Å². The number of anilines is 1. The molecular weight excluding hydrogens is 382 g/mol. The molecule has 2 aliphatic rings. The maximum Gasteiger partial charge on any atom is 0.419 e. The first-order valence-corrected chi connectivity index (χ1v) is 10.5. The third-order valence-corrected chi connectivity index (χ3v) is 7.55. The summed E-state index contributed by atoms with van der Waals surface area (Å²) in [5, 5.41) is 0. The number of fused-ring (bicyclic) bond motifs is 2. The third kappa shape index (κ3) is 2.63. The molecule has 10 heteroatoms. The van der Waals surface area contributed by atoms with Crippen molar-refractivity contribution in [2.45, 2.75) is 4.90 Å². The highest BCUT2D eigenvalue weighted by Crippen LogP contribution is 2.36. The van der Waals surface area contributed by atoms with Gasteiger partial charge in [0.05, 0.1) is 16.6 Å². The van der Waals surface area contributed by atoms with Crippen molar-refractivity contribution in [1.29, 1.82) is 0 Å². The van der Waals surface area contributed by atoms with Crippen molar-refractivity contribution in [1.82, 2.24) is 18.8 Å². The molecule has 5 rings (SSSR count). The van der Waals surface area contributed by atoms with Gasteiger partial charge in [0.15, 0.2) is 5.58 Å². The molecule has 1 aromatic carbocycles. The molecule has 2 saturated heterocycles. The molecule has 0 N–H and O–H groups in total. The Morgan fingerprint density at radius 2 is 1.86 bits per heavy atom. The predicted molar refractivity (Wildman–Crippen MR) is 101 cm³/mol. The van der Waals surface area contributed by atoms with Gasteiger partial charge >= 0.3 is 5.76 Å². The molecule has 0 saturated carbocycles. The van der Waals surface area contributed by atoms with Gasteiger partial charge in [-0.25, -0.2) is 18.2 Å². The molecule has 9 nitrogen and oxygen atoms in total. The normalized spacial score (nSPS) is 22.8. The molecule has 2 fully saturated rings. The fourth-order valence-corrected chi connectivity index (χ4v) is 5.78. The summed E-state index contributed by atoms with van der Waals surface area (Å²) in [7, 11) is -2.07. The highest BCUT2D eigenvalue weighted by atomic mass is 32.2. The summed E-state index contributed by atoms with van der Waals surface area (Å²) < 4.78 is 34.3. The van der Waals surface area contributed by atoms with E-state index in [4.69, 9.17) is 4.42 Å². The fraction of sp³-hybridized carbons (Fsp3) is 0.389. The van der Waals surface area contributed by atoms with Crippen LogP contribution in [0.1, 0.15) is 0 Å². The average molecular weight is 401 g/mol. The van der Waals surface area contributed by atoms with E-state index in [2.05, 4.69) is 14.9 Å². The monoisotopic (exact) mass is 401 g/mol. The zero-order valence-electron chi connectivity index (χ0n) is 15.2. The summed E-state index contributed by atoms with van der Waals surface area (Å²) in [6, 6.07) is 4.55.